The molecule has 0 spiro atoms. The topological polar surface area (TPSA) is 66.9 Å². The molecule has 1 heterocycles. The maximum absolute atomic E-state index is 12.1. The highest BCUT2D eigenvalue weighted by Crippen LogP contribution is 2.17. The van der Waals surface area contributed by atoms with E-state index in [4.69, 9.17) is 0 Å². The molecule has 2 aromatic rings. The molecule has 1 amide bonds. The molecule has 0 aliphatic carbocycles. The van der Waals surface area contributed by atoms with E-state index in [-0.39, 0.29) is 5.91 Å². The molecule has 5 heteroatoms. The minimum Gasteiger partial charge on any atom is -0.372 e. The number of anilines is 2. The average molecular weight is 270 g/mol. The third-order valence-corrected chi connectivity index (χ3v) is 2.94. The van der Waals surface area contributed by atoms with E-state index in [1.807, 2.05) is 24.3 Å². The normalized spacial score (nSPS) is 10.1. The zero-order valence-electron chi connectivity index (χ0n) is 11.7. The van der Waals surface area contributed by atoms with Crippen molar-refractivity contribution in [3.05, 3.63) is 47.7 Å². The average Bonchev–Trinajstić information content (AvgIpc) is 2.49. The maximum Gasteiger partial charge on any atom is 0.276 e. The van der Waals surface area contributed by atoms with Crippen LogP contribution < -0.4 is 10.6 Å². The summed E-state index contributed by atoms with van der Waals surface area (Å²) in [6, 6.07) is 11.2. The molecule has 20 heavy (non-hydrogen) atoms. The number of aryl methyl sites for hydroxylation is 1. The minimum atomic E-state index is -0.247. The highest BCUT2D eigenvalue weighted by atomic mass is 16.1. The third kappa shape index (κ3) is 3.32. The summed E-state index contributed by atoms with van der Waals surface area (Å²) in [4.78, 5) is 12.1. The lowest BCUT2D eigenvalue weighted by Crippen LogP contribution is -2.15. The van der Waals surface area contributed by atoms with Crippen LogP contribution in [0.5, 0.6) is 0 Å². The summed E-state index contributed by atoms with van der Waals surface area (Å²) < 4.78 is 0. The van der Waals surface area contributed by atoms with E-state index in [2.05, 4.69) is 27.8 Å². The Morgan fingerprint density at radius 1 is 1.15 bits per heavy atom. The summed E-state index contributed by atoms with van der Waals surface area (Å²) >= 11 is 0. The Morgan fingerprint density at radius 2 is 1.95 bits per heavy atom. The largest absolute Gasteiger partial charge is 0.372 e. The summed E-state index contributed by atoms with van der Waals surface area (Å²) in [5.74, 6) is 0.386. The number of hydrogen-bond donors (Lipinski definition) is 2. The van der Waals surface area contributed by atoms with Gasteiger partial charge < -0.3 is 10.6 Å². The summed E-state index contributed by atoms with van der Waals surface area (Å²) in [6.07, 6.45) is 1.96. The fraction of sp³-hybridized carbons (Fsp3) is 0.267. The maximum atomic E-state index is 12.1. The predicted molar refractivity (Wildman–Crippen MR) is 80.0 cm³/mol. The van der Waals surface area contributed by atoms with Gasteiger partial charge in [0.25, 0.3) is 5.91 Å². The molecule has 1 aromatic carbocycles. The number of aromatic nitrogens is 2. The lowest BCUT2D eigenvalue weighted by Gasteiger charge is -2.10. The molecule has 0 atom stereocenters. The molecule has 0 unspecified atom stereocenters. The Kier molecular flexibility index (Phi) is 4.65. The first-order valence-corrected chi connectivity index (χ1v) is 6.65. The van der Waals surface area contributed by atoms with Gasteiger partial charge in [0.2, 0.25) is 0 Å². The minimum absolute atomic E-state index is 0.247. The van der Waals surface area contributed by atoms with Crippen molar-refractivity contribution in [3.63, 3.8) is 0 Å². The van der Waals surface area contributed by atoms with E-state index >= 15 is 0 Å². The van der Waals surface area contributed by atoms with E-state index in [1.54, 1.807) is 19.2 Å². The van der Waals surface area contributed by atoms with Crippen molar-refractivity contribution >= 4 is 17.4 Å². The molecule has 0 radical (unpaired) electrons. The molecule has 5 nitrogen and oxygen atoms in total. The molecule has 1 aromatic heterocycles. The highest BCUT2D eigenvalue weighted by molar-refractivity contribution is 6.03. The Bertz CT molecular complexity index is 581. The second-order valence-electron chi connectivity index (χ2n) is 4.42. The van der Waals surface area contributed by atoms with Crippen molar-refractivity contribution < 1.29 is 4.79 Å². The number of para-hydroxylation sites is 1. The first kappa shape index (κ1) is 14.0. The lowest BCUT2D eigenvalue weighted by atomic mass is 10.1. The van der Waals surface area contributed by atoms with Crippen LogP contribution in [0.3, 0.4) is 0 Å². The number of hydrogen-bond acceptors (Lipinski definition) is 4. The number of benzene rings is 1. The van der Waals surface area contributed by atoms with E-state index in [0.29, 0.717) is 11.5 Å². The molecule has 0 aliphatic rings. The monoisotopic (exact) mass is 270 g/mol. The summed E-state index contributed by atoms with van der Waals surface area (Å²) in [5, 5.41) is 13.5. The van der Waals surface area contributed by atoms with Crippen LogP contribution >= 0.6 is 0 Å². The molecular formula is C15H18N4O. The van der Waals surface area contributed by atoms with Gasteiger partial charge in [-0.2, -0.15) is 0 Å². The van der Waals surface area contributed by atoms with Crippen LogP contribution in [0.15, 0.2) is 36.4 Å². The van der Waals surface area contributed by atoms with Crippen LogP contribution in [0.25, 0.3) is 0 Å². The molecule has 0 saturated carbocycles. The molecule has 0 saturated heterocycles. The Hall–Kier alpha value is -2.43. The van der Waals surface area contributed by atoms with Gasteiger partial charge in [0, 0.05) is 12.7 Å². The Labute approximate surface area is 118 Å². The number of carbonyl (C=O) groups is 1. The standard InChI is InChI=1S/C15H18N4O/c1-3-6-11-7-4-5-8-12(11)17-15(20)13-9-10-14(16-2)19-18-13/h4-5,7-10H,3,6H2,1-2H3,(H,16,19)(H,17,20). The van der Waals surface area contributed by atoms with E-state index < -0.39 is 0 Å². The quantitative estimate of drug-likeness (QED) is 0.876. The number of nitrogens with one attached hydrogen (secondary N) is 2. The first-order valence-electron chi connectivity index (χ1n) is 6.65. The third-order valence-electron chi connectivity index (χ3n) is 2.94. The smallest absolute Gasteiger partial charge is 0.276 e. The van der Waals surface area contributed by atoms with E-state index in [0.717, 1.165) is 24.1 Å². The molecule has 2 rings (SSSR count). The van der Waals surface area contributed by atoms with Gasteiger partial charge in [-0.1, -0.05) is 31.5 Å². The Balaban J connectivity index is 2.14. The van der Waals surface area contributed by atoms with Crippen molar-refractivity contribution in [2.45, 2.75) is 19.8 Å². The predicted octanol–water partition coefficient (Wildman–Crippen LogP) is 2.72. The van der Waals surface area contributed by atoms with Crippen molar-refractivity contribution in [1.82, 2.24) is 10.2 Å². The van der Waals surface area contributed by atoms with Gasteiger partial charge in [0.15, 0.2) is 5.69 Å². The fourth-order valence-electron chi connectivity index (χ4n) is 1.90. The van der Waals surface area contributed by atoms with Gasteiger partial charge in [-0.15, -0.1) is 10.2 Å². The van der Waals surface area contributed by atoms with Crippen LogP contribution in [0.2, 0.25) is 0 Å². The second-order valence-corrected chi connectivity index (χ2v) is 4.42. The fourth-order valence-corrected chi connectivity index (χ4v) is 1.90. The van der Waals surface area contributed by atoms with Crippen molar-refractivity contribution in [2.75, 3.05) is 17.7 Å². The molecule has 104 valence electrons. The summed E-state index contributed by atoms with van der Waals surface area (Å²) in [5.41, 5.74) is 2.26. The number of nitrogens with zero attached hydrogens (tertiary/aromatic N) is 2. The van der Waals surface area contributed by atoms with Crippen molar-refractivity contribution in [1.29, 1.82) is 0 Å². The molecule has 0 bridgehead atoms. The number of rotatable bonds is 5. The molecule has 0 aliphatic heterocycles. The van der Waals surface area contributed by atoms with Crippen LogP contribution in [0.4, 0.5) is 11.5 Å². The lowest BCUT2D eigenvalue weighted by molar-refractivity contribution is 0.102. The van der Waals surface area contributed by atoms with Gasteiger partial charge >= 0.3 is 0 Å². The zero-order valence-corrected chi connectivity index (χ0v) is 11.7. The molecule has 2 N–H and O–H groups in total. The van der Waals surface area contributed by atoms with Crippen LogP contribution in [0, 0.1) is 0 Å². The first-order chi connectivity index (χ1) is 9.74. The van der Waals surface area contributed by atoms with Gasteiger partial charge in [-0.3, -0.25) is 4.79 Å². The van der Waals surface area contributed by atoms with Gasteiger partial charge in [0.1, 0.15) is 5.82 Å². The van der Waals surface area contributed by atoms with E-state index in [9.17, 15) is 4.79 Å². The van der Waals surface area contributed by atoms with Crippen LogP contribution in [-0.2, 0) is 6.42 Å². The zero-order chi connectivity index (χ0) is 14.4. The highest BCUT2D eigenvalue weighted by Gasteiger charge is 2.10. The summed E-state index contributed by atoms with van der Waals surface area (Å²) in [7, 11) is 1.75. The molecule has 0 fully saturated rings. The SMILES string of the molecule is CCCc1ccccc1NC(=O)c1ccc(NC)nn1. The second kappa shape index (κ2) is 6.65. The Morgan fingerprint density at radius 3 is 2.60 bits per heavy atom. The van der Waals surface area contributed by atoms with Crippen molar-refractivity contribution in [2.24, 2.45) is 0 Å². The van der Waals surface area contributed by atoms with Crippen molar-refractivity contribution in [3.8, 4) is 0 Å². The van der Waals surface area contributed by atoms with Gasteiger partial charge in [-0.25, -0.2) is 0 Å². The van der Waals surface area contributed by atoms with Gasteiger partial charge in [-0.05, 0) is 30.2 Å². The van der Waals surface area contributed by atoms with Gasteiger partial charge in [0.05, 0.1) is 0 Å². The summed E-state index contributed by atoms with van der Waals surface area (Å²) in [6.45, 7) is 2.11. The number of carbonyl (C=O) groups excluding carboxylic acids is 1. The van der Waals surface area contributed by atoms with E-state index in [1.165, 1.54) is 0 Å². The number of amides is 1. The van der Waals surface area contributed by atoms with Crippen LogP contribution in [0.1, 0.15) is 29.4 Å². The van der Waals surface area contributed by atoms with Crippen LogP contribution in [-0.4, -0.2) is 23.2 Å². The molecular weight excluding hydrogens is 252 g/mol.